The fourth-order valence-electron chi connectivity index (χ4n) is 1.00. The Morgan fingerprint density at radius 1 is 1.80 bits per heavy atom. The highest BCUT2D eigenvalue weighted by Crippen LogP contribution is 2.16. The summed E-state index contributed by atoms with van der Waals surface area (Å²) in [6.45, 7) is 0.867. The summed E-state index contributed by atoms with van der Waals surface area (Å²) >= 11 is 1.69. The van der Waals surface area contributed by atoms with Gasteiger partial charge in [0.05, 0.1) is 5.37 Å². The van der Waals surface area contributed by atoms with Gasteiger partial charge < -0.3 is 4.90 Å². The Bertz CT molecular complexity index is 147. The fraction of sp³-hybridized carbons (Fsp3) is 0.571. The van der Waals surface area contributed by atoms with Gasteiger partial charge >= 0.3 is 0 Å². The molecule has 0 aromatic rings. The molecular weight excluding hydrogens is 146 g/mol. The van der Waals surface area contributed by atoms with Crippen LogP contribution in [-0.2, 0) is 4.79 Å². The number of rotatable bonds is 2. The quantitative estimate of drug-likeness (QED) is 0.442. The van der Waals surface area contributed by atoms with Gasteiger partial charge in [-0.2, -0.15) is 0 Å². The summed E-state index contributed by atoms with van der Waals surface area (Å²) < 4.78 is 0. The van der Waals surface area contributed by atoms with Crippen molar-refractivity contribution in [2.75, 3.05) is 12.8 Å². The molecule has 0 aromatic carbocycles. The predicted molar refractivity (Wildman–Crippen MR) is 43.8 cm³/mol. The van der Waals surface area contributed by atoms with Crippen LogP contribution in [0.2, 0.25) is 0 Å². The van der Waals surface area contributed by atoms with Crippen LogP contribution < -0.4 is 0 Å². The first-order valence-electron chi connectivity index (χ1n) is 3.29. The van der Waals surface area contributed by atoms with Crippen LogP contribution in [0.4, 0.5) is 0 Å². The van der Waals surface area contributed by atoms with Gasteiger partial charge in [0.15, 0.2) is 0 Å². The highest BCUT2D eigenvalue weighted by molar-refractivity contribution is 7.99. The summed E-state index contributed by atoms with van der Waals surface area (Å²) in [5.41, 5.74) is 0. The molecule has 0 saturated heterocycles. The number of nitrogens with zero attached hydrogens (tertiary/aromatic N) is 1. The van der Waals surface area contributed by atoms with Crippen LogP contribution in [0.25, 0.3) is 0 Å². The minimum absolute atomic E-state index is 0.270. The van der Waals surface area contributed by atoms with E-state index >= 15 is 0 Å². The largest absolute Gasteiger partial charge is 0.329 e. The third kappa shape index (κ3) is 1.53. The molecule has 1 rings (SSSR count). The molecule has 0 spiro atoms. The Kier molecular flexibility index (Phi) is 2.81. The van der Waals surface area contributed by atoms with Crippen molar-refractivity contribution in [3.05, 3.63) is 12.2 Å². The average molecular weight is 157 g/mol. The van der Waals surface area contributed by atoms with Gasteiger partial charge in [-0.15, -0.1) is 11.8 Å². The molecule has 1 aliphatic heterocycles. The second-order valence-electron chi connectivity index (χ2n) is 2.19. The summed E-state index contributed by atoms with van der Waals surface area (Å²) in [5, 5.41) is 0.270. The lowest BCUT2D eigenvalue weighted by Gasteiger charge is -2.26. The molecule has 1 unspecified atom stereocenters. The molecule has 1 heterocycles. The first-order chi connectivity index (χ1) is 4.88. The minimum Gasteiger partial charge on any atom is -0.329 e. The first-order valence-corrected chi connectivity index (χ1v) is 4.58. The molecule has 0 radical (unpaired) electrons. The smallest absolute Gasteiger partial charge is 0.210 e. The molecule has 1 aliphatic rings. The molecule has 0 N–H and O–H groups in total. The Hall–Kier alpha value is -0.440. The van der Waals surface area contributed by atoms with E-state index in [1.54, 1.807) is 11.8 Å². The number of hydrogen-bond acceptors (Lipinski definition) is 2. The molecule has 0 fully saturated rings. The Morgan fingerprint density at radius 3 is 3.10 bits per heavy atom. The summed E-state index contributed by atoms with van der Waals surface area (Å²) in [5.74, 6) is 0. The van der Waals surface area contributed by atoms with E-state index < -0.39 is 0 Å². The molecule has 3 heteroatoms. The van der Waals surface area contributed by atoms with Crippen LogP contribution in [0.15, 0.2) is 12.2 Å². The fourth-order valence-corrected chi connectivity index (χ4v) is 1.69. The van der Waals surface area contributed by atoms with Crippen LogP contribution in [0.5, 0.6) is 0 Å². The van der Waals surface area contributed by atoms with Gasteiger partial charge in [-0.1, -0.05) is 12.2 Å². The number of hydrogen-bond donors (Lipinski definition) is 0. The Morgan fingerprint density at radius 2 is 2.60 bits per heavy atom. The maximum absolute atomic E-state index is 10.4. The van der Waals surface area contributed by atoms with Crippen molar-refractivity contribution in [1.82, 2.24) is 4.90 Å². The molecular formula is C7H11NOS. The van der Waals surface area contributed by atoms with E-state index in [-0.39, 0.29) is 5.37 Å². The lowest BCUT2D eigenvalue weighted by molar-refractivity contribution is -0.118. The van der Waals surface area contributed by atoms with Crippen LogP contribution >= 0.6 is 11.8 Å². The third-order valence-corrected chi connectivity index (χ3v) is 2.47. The molecule has 1 atom stereocenters. The second kappa shape index (κ2) is 3.66. The zero-order valence-electron chi connectivity index (χ0n) is 5.99. The number of amides is 1. The molecule has 0 aliphatic carbocycles. The van der Waals surface area contributed by atoms with Crippen LogP contribution in [0, 0.1) is 0 Å². The highest BCUT2D eigenvalue weighted by atomic mass is 32.2. The maximum atomic E-state index is 10.4. The highest BCUT2D eigenvalue weighted by Gasteiger charge is 2.13. The van der Waals surface area contributed by atoms with Crippen molar-refractivity contribution >= 4 is 18.2 Å². The summed E-state index contributed by atoms with van der Waals surface area (Å²) in [7, 11) is 0. The van der Waals surface area contributed by atoms with Crippen LogP contribution in [0.1, 0.15) is 6.42 Å². The van der Waals surface area contributed by atoms with Crippen LogP contribution in [-0.4, -0.2) is 29.5 Å². The number of carbonyl (C=O) groups excluding carboxylic acids is 1. The summed E-state index contributed by atoms with van der Waals surface area (Å²) in [6.07, 6.45) is 8.13. The molecule has 0 saturated carbocycles. The summed E-state index contributed by atoms with van der Waals surface area (Å²) in [4.78, 5) is 12.2. The SMILES string of the molecule is CSC1C=CCCN1C=O. The molecule has 56 valence electrons. The first kappa shape index (κ1) is 7.66. The van der Waals surface area contributed by atoms with Gasteiger partial charge in [0.2, 0.25) is 6.41 Å². The predicted octanol–water partition coefficient (Wildman–Crippen LogP) is 1.09. The molecule has 1 amide bonds. The van der Waals surface area contributed by atoms with E-state index in [0.29, 0.717) is 0 Å². The van der Waals surface area contributed by atoms with Crippen molar-refractivity contribution in [3.8, 4) is 0 Å². The Labute approximate surface area is 65.3 Å². The third-order valence-electron chi connectivity index (χ3n) is 1.56. The van der Waals surface area contributed by atoms with Crippen LogP contribution in [0.3, 0.4) is 0 Å². The molecule has 2 nitrogen and oxygen atoms in total. The van der Waals surface area contributed by atoms with Crippen molar-refractivity contribution in [1.29, 1.82) is 0 Å². The summed E-state index contributed by atoms with van der Waals surface area (Å²) in [6, 6.07) is 0. The maximum Gasteiger partial charge on any atom is 0.210 e. The normalized spacial score (nSPS) is 24.9. The lowest BCUT2D eigenvalue weighted by atomic mass is 10.3. The van der Waals surface area contributed by atoms with E-state index in [1.165, 1.54) is 0 Å². The van der Waals surface area contributed by atoms with Gasteiger partial charge in [0.25, 0.3) is 0 Å². The van der Waals surface area contributed by atoms with E-state index in [4.69, 9.17) is 0 Å². The second-order valence-corrected chi connectivity index (χ2v) is 3.14. The zero-order chi connectivity index (χ0) is 7.40. The van der Waals surface area contributed by atoms with Gasteiger partial charge in [-0.05, 0) is 12.7 Å². The zero-order valence-corrected chi connectivity index (χ0v) is 6.80. The minimum atomic E-state index is 0.270. The van der Waals surface area contributed by atoms with Crippen molar-refractivity contribution < 1.29 is 4.79 Å². The number of carbonyl (C=O) groups is 1. The Balaban J connectivity index is 2.55. The van der Waals surface area contributed by atoms with E-state index in [9.17, 15) is 4.79 Å². The van der Waals surface area contributed by atoms with Crippen molar-refractivity contribution in [3.63, 3.8) is 0 Å². The van der Waals surface area contributed by atoms with Crippen molar-refractivity contribution in [2.45, 2.75) is 11.8 Å². The monoisotopic (exact) mass is 157 g/mol. The van der Waals surface area contributed by atoms with Gasteiger partial charge in [0, 0.05) is 6.54 Å². The lowest BCUT2D eigenvalue weighted by Crippen LogP contribution is -2.33. The standard InChI is InChI=1S/C7H11NOS/c1-10-7-4-2-3-5-8(7)6-9/h2,4,6-7H,3,5H2,1H3. The van der Waals surface area contributed by atoms with E-state index in [0.717, 1.165) is 19.4 Å². The number of thioether (sulfide) groups is 1. The van der Waals surface area contributed by atoms with E-state index in [2.05, 4.69) is 12.2 Å². The topological polar surface area (TPSA) is 20.3 Å². The average Bonchev–Trinajstić information content (AvgIpc) is 2.04. The van der Waals surface area contributed by atoms with Gasteiger partial charge in [-0.3, -0.25) is 4.79 Å². The molecule has 0 aromatic heterocycles. The van der Waals surface area contributed by atoms with Gasteiger partial charge in [-0.25, -0.2) is 0 Å². The van der Waals surface area contributed by atoms with Gasteiger partial charge in [0.1, 0.15) is 0 Å². The molecule has 10 heavy (non-hydrogen) atoms. The van der Waals surface area contributed by atoms with E-state index in [1.807, 2.05) is 11.2 Å². The molecule has 0 bridgehead atoms. The van der Waals surface area contributed by atoms with Crippen molar-refractivity contribution in [2.24, 2.45) is 0 Å².